The molecule has 0 unspecified atom stereocenters. The minimum atomic E-state index is -0.472. The van der Waals surface area contributed by atoms with Gasteiger partial charge in [0.2, 0.25) is 0 Å². The first-order valence-corrected chi connectivity index (χ1v) is 8.10. The van der Waals surface area contributed by atoms with E-state index < -0.39 is 5.97 Å². The monoisotopic (exact) mass is 342 g/mol. The summed E-state index contributed by atoms with van der Waals surface area (Å²) in [5.41, 5.74) is 0.902. The number of thiophene rings is 1. The van der Waals surface area contributed by atoms with Crippen LogP contribution in [-0.4, -0.2) is 54.9 Å². The zero-order valence-corrected chi connectivity index (χ0v) is 14.6. The van der Waals surface area contributed by atoms with Gasteiger partial charge in [-0.05, 0) is 19.4 Å². The molecule has 0 spiro atoms. The summed E-state index contributed by atoms with van der Waals surface area (Å²) >= 11 is 1.32. The van der Waals surface area contributed by atoms with Gasteiger partial charge in [0.15, 0.2) is 0 Å². The Kier molecular flexibility index (Phi) is 5.28. The standard InChI is InChI=1S/C15H22N2O5S/c1-15(2)7-9-10(8-22-15)23-12(11(9)13(19)21-4)16-14(20)17(3)5-6-18/h18H,5-8H2,1-4H3,(H,16,20). The van der Waals surface area contributed by atoms with Gasteiger partial charge >= 0.3 is 12.0 Å². The minimum Gasteiger partial charge on any atom is -0.465 e. The predicted molar refractivity (Wildman–Crippen MR) is 87.0 cm³/mol. The van der Waals surface area contributed by atoms with Crippen LogP contribution in [0, 0.1) is 0 Å². The zero-order valence-electron chi connectivity index (χ0n) is 13.8. The van der Waals surface area contributed by atoms with Crippen molar-refractivity contribution in [2.75, 3.05) is 32.6 Å². The van der Waals surface area contributed by atoms with Crippen molar-refractivity contribution in [2.45, 2.75) is 32.5 Å². The highest BCUT2D eigenvalue weighted by Gasteiger charge is 2.34. The number of carbonyl (C=O) groups is 2. The van der Waals surface area contributed by atoms with Crippen LogP contribution in [0.2, 0.25) is 0 Å². The van der Waals surface area contributed by atoms with E-state index in [1.165, 1.54) is 23.3 Å². The van der Waals surface area contributed by atoms with Crippen molar-refractivity contribution in [3.63, 3.8) is 0 Å². The van der Waals surface area contributed by atoms with Crippen molar-refractivity contribution >= 4 is 28.3 Å². The first-order valence-electron chi connectivity index (χ1n) is 7.29. The Labute approximate surface area is 139 Å². The molecule has 0 aromatic carbocycles. The number of hydrogen-bond donors (Lipinski definition) is 2. The van der Waals surface area contributed by atoms with Crippen LogP contribution in [0.1, 0.15) is 34.6 Å². The van der Waals surface area contributed by atoms with Gasteiger partial charge in [-0.3, -0.25) is 5.32 Å². The smallest absolute Gasteiger partial charge is 0.341 e. The lowest BCUT2D eigenvalue weighted by Crippen LogP contribution is -2.34. The molecule has 0 fully saturated rings. The van der Waals surface area contributed by atoms with E-state index >= 15 is 0 Å². The van der Waals surface area contributed by atoms with E-state index in [0.717, 1.165) is 10.4 Å². The Morgan fingerprint density at radius 3 is 2.78 bits per heavy atom. The maximum Gasteiger partial charge on any atom is 0.341 e. The van der Waals surface area contributed by atoms with Crippen molar-refractivity contribution in [2.24, 2.45) is 0 Å². The number of carbonyl (C=O) groups excluding carboxylic acids is 2. The molecule has 2 N–H and O–H groups in total. The fraction of sp³-hybridized carbons (Fsp3) is 0.600. The summed E-state index contributed by atoms with van der Waals surface area (Å²) in [4.78, 5) is 26.6. The largest absolute Gasteiger partial charge is 0.465 e. The molecule has 0 saturated heterocycles. The van der Waals surface area contributed by atoms with Crippen LogP contribution in [0.25, 0.3) is 0 Å². The van der Waals surface area contributed by atoms with E-state index in [4.69, 9.17) is 14.6 Å². The molecule has 1 aromatic heterocycles. The number of fused-ring (bicyclic) bond motifs is 1. The van der Waals surface area contributed by atoms with Crippen molar-refractivity contribution in [3.05, 3.63) is 16.0 Å². The van der Waals surface area contributed by atoms with Gasteiger partial charge in [-0.2, -0.15) is 0 Å². The highest BCUT2D eigenvalue weighted by molar-refractivity contribution is 7.17. The highest BCUT2D eigenvalue weighted by Crippen LogP contribution is 2.40. The number of urea groups is 1. The van der Waals surface area contributed by atoms with Gasteiger partial charge in [0.25, 0.3) is 0 Å². The molecule has 128 valence electrons. The second kappa shape index (κ2) is 6.86. The third kappa shape index (κ3) is 3.82. The minimum absolute atomic E-state index is 0.128. The predicted octanol–water partition coefficient (Wildman–Crippen LogP) is 1.84. The lowest BCUT2D eigenvalue weighted by molar-refractivity contribution is -0.0384. The van der Waals surface area contributed by atoms with E-state index in [9.17, 15) is 9.59 Å². The molecule has 0 atom stereocenters. The van der Waals surface area contributed by atoms with Gasteiger partial charge in [0.05, 0.1) is 31.5 Å². The fourth-order valence-electron chi connectivity index (χ4n) is 2.40. The fourth-order valence-corrected chi connectivity index (χ4v) is 3.51. The summed E-state index contributed by atoms with van der Waals surface area (Å²) in [5.74, 6) is -0.472. The molecule has 1 aliphatic heterocycles. The molecule has 0 bridgehead atoms. The van der Waals surface area contributed by atoms with Crippen LogP contribution in [0.15, 0.2) is 0 Å². The van der Waals surface area contributed by atoms with E-state index in [1.807, 2.05) is 13.8 Å². The third-order valence-electron chi connectivity index (χ3n) is 3.68. The number of nitrogens with one attached hydrogen (secondary N) is 1. The Hall–Kier alpha value is -1.64. The molecular formula is C15H22N2O5S. The first kappa shape index (κ1) is 17.7. The molecule has 2 amide bonds. The van der Waals surface area contributed by atoms with Crippen LogP contribution in [0.5, 0.6) is 0 Å². The second-order valence-electron chi connectivity index (χ2n) is 6.00. The molecule has 1 aliphatic rings. The summed E-state index contributed by atoms with van der Waals surface area (Å²) in [6.45, 7) is 4.40. The Bertz CT molecular complexity index is 611. The molecule has 0 radical (unpaired) electrons. The van der Waals surface area contributed by atoms with Gasteiger partial charge in [-0.25, -0.2) is 9.59 Å². The Morgan fingerprint density at radius 1 is 1.48 bits per heavy atom. The second-order valence-corrected chi connectivity index (χ2v) is 7.11. The summed E-state index contributed by atoms with van der Waals surface area (Å²) in [5, 5.41) is 12.1. The summed E-state index contributed by atoms with van der Waals surface area (Å²) in [6.07, 6.45) is 0.575. The number of likely N-dealkylation sites (N-methyl/N-ethyl adjacent to an activating group) is 1. The van der Waals surface area contributed by atoms with E-state index in [0.29, 0.717) is 23.6 Å². The molecule has 23 heavy (non-hydrogen) atoms. The van der Waals surface area contributed by atoms with Gasteiger partial charge < -0.3 is 19.5 Å². The van der Waals surface area contributed by atoms with Gasteiger partial charge in [0, 0.05) is 24.9 Å². The van der Waals surface area contributed by atoms with Crippen LogP contribution in [0.4, 0.5) is 9.80 Å². The maximum absolute atomic E-state index is 12.2. The van der Waals surface area contributed by atoms with Crippen molar-refractivity contribution in [1.29, 1.82) is 0 Å². The number of rotatable bonds is 4. The summed E-state index contributed by atoms with van der Waals surface area (Å²) in [6, 6.07) is -0.386. The zero-order chi connectivity index (χ0) is 17.2. The molecule has 0 saturated carbocycles. The van der Waals surface area contributed by atoms with Crippen LogP contribution in [-0.2, 0) is 22.5 Å². The lowest BCUT2D eigenvalue weighted by atomic mass is 9.93. The number of methoxy groups -OCH3 is 1. The summed E-state index contributed by atoms with van der Waals surface area (Å²) in [7, 11) is 2.89. The molecule has 2 rings (SSSR count). The molecule has 0 aliphatic carbocycles. The number of aliphatic hydroxyl groups is 1. The van der Waals surface area contributed by atoms with E-state index in [1.54, 1.807) is 7.05 Å². The SMILES string of the molecule is COC(=O)c1c(NC(=O)N(C)CCO)sc2c1CC(C)(C)OC2. The topological polar surface area (TPSA) is 88.1 Å². The number of nitrogens with zero attached hydrogens (tertiary/aromatic N) is 1. The molecule has 7 nitrogen and oxygen atoms in total. The number of aliphatic hydroxyl groups excluding tert-OH is 1. The molecule has 1 aromatic rings. The van der Waals surface area contributed by atoms with Crippen molar-refractivity contribution in [1.82, 2.24) is 4.90 Å². The maximum atomic E-state index is 12.2. The number of amides is 2. The Balaban J connectivity index is 2.35. The number of esters is 1. The quantitative estimate of drug-likeness (QED) is 0.815. The van der Waals surface area contributed by atoms with Crippen LogP contribution in [0.3, 0.4) is 0 Å². The van der Waals surface area contributed by atoms with Crippen molar-refractivity contribution < 1.29 is 24.2 Å². The first-order chi connectivity index (χ1) is 10.8. The van der Waals surface area contributed by atoms with Crippen LogP contribution >= 0.6 is 11.3 Å². The molecule has 2 heterocycles. The highest BCUT2D eigenvalue weighted by atomic mass is 32.1. The Morgan fingerprint density at radius 2 is 2.17 bits per heavy atom. The number of anilines is 1. The summed E-state index contributed by atoms with van der Waals surface area (Å²) < 4.78 is 10.6. The molecule has 8 heteroatoms. The molecular weight excluding hydrogens is 320 g/mol. The average Bonchev–Trinajstić information content (AvgIpc) is 2.82. The van der Waals surface area contributed by atoms with Gasteiger partial charge in [-0.15, -0.1) is 11.3 Å². The van der Waals surface area contributed by atoms with Crippen LogP contribution < -0.4 is 5.32 Å². The number of hydrogen-bond acceptors (Lipinski definition) is 6. The third-order valence-corrected chi connectivity index (χ3v) is 4.80. The lowest BCUT2D eigenvalue weighted by Gasteiger charge is -2.30. The van der Waals surface area contributed by atoms with E-state index in [2.05, 4.69) is 5.32 Å². The van der Waals surface area contributed by atoms with Crippen molar-refractivity contribution in [3.8, 4) is 0 Å². The van der Waals surface area contributed by atoms with Gasteiger partial charge in [-0.1, -0.05) is 0 Å². The van der Waals surface area contributed by atoms with Gasteiger partial charge in [0.1, 0.15) is 5.00 Å². The number of ether oxygens (including phenoxy) is 2. The average molecular weight is 342 g/mol. The normalized spacial score (nSPS) is 15.7. The van der Waals surface area contributed by atoms with E-state index in [-0.39, 0.29) is 24.8 Å².